The number of hydrogen-bond acceptors (Lipinski definition) is 5. The molecule has 0 bridgehead atoms. The monoisotopic (exact) mass is 303 g/mol. The van der Waals surface area contributed by atoms with Crippen LogP contribution in [0.5, 0.6) is 0 Å². The highest BCUT2D eigenvalue weighted by atomic mass is 32.2. The Labute approximate surface area is 125 Å². The number of nitrogens with two attached hydrogens (primary N) is 1. The zero-order valence-electron chi connectivity index (χ0n) is 10.9. The van der Waals surface area contributed by atoms with Crippen molar-refractivity contribution in [1.29, 1.82) is 0 Å². The van der Waals surface area contributed by atoms with E-state index in [0.717, 1.165) is 11.9 Å². The number of hydrogen-bond donors (Lipinski definition) is 2. The van der Waals surface area contributed by atoms with Crippen LogP contribution in [-0.4, -0.2) is 10.8 Å². The Morgan fingerprint density at radius 2 is 1.90 bits per heavy atom. The molecule has 0 spiro atoms. The molecule has 6 nitrogen and oxygen atoms in total. The average Bonchev–Trinajstić information content (AvgIpc) is 2.53. The molecule has 3 N–H and O–H groups in total. The van der Waals surface area contributed by atoms with Crippen molar-refractivity contribution in [2.75, 3.05) is 0 Å². The molecule has 0 aromatic heterocycles. The lowest BCUT2D eigenvalue weighted by molar-refractivity contribution is -0.384. The Kier molecular flexibility index (Phi) is 4.91. The zero-order chi connectivity index (χ0) is 15.2. The maximum atomic E-state index is 11.9. The maximum Gasteiger partial charge on any atom is 0.269 e. The molecule has 0 aliphatic carbocycles. The third-order valence-corrected chi connectivity index (χ3v) is 3.55. The smallest absolute Gasteiger partial charge is 0.269 e. The fourth-order valence-corrected chi connectivity index (χ4v) is 2.28. The molecule has 0 radical (unpaired) electrons. The molecule has 2 aromatic rings. The second kappa shape index (κ2) is 6.87. The minimum Gasteiger partial charge on any atom is -0.314 e. The summed E-state index contributed by atoms with van der Waals surface area (Å²) >= 11 is 1.01. The first-order valence-corrected chi connectivity index (χ1v) is 6.97. The number of nitro benzene ring substituents is 1. The van der Waals surface area contributed by atoms with Gasteiger partial charge in [0.1, 0.15) is 0 Å². The van der Waals surface area contributed by atoms with E-state index in [9.17, 15) is 14.9 Å². The summed E-state index contributed by atoms with van der Waals surface area (Å²) in [5, 5.41) is 10.1. The second-order valence-electron chi connectivity index (χ2n) is 4.19. The number of nitrogens with one attached hydrogen (secondary N) is 1. The van der Waals surface area contributed by atoms with Crippen LogP contribution in [0.1, 0.15) is 21.3 Å². The molecule has 0 saturated carbocycles. The first-order chi connectivity index (χ1) is 10.1. The van der Waals surface area contributed by atoms with Gasteiger partial charge in [0.15, 0.2) is 0 Å². The predicted molar refractivity (Wildman–Crippen MR) is 81.5 cm³/mol. The molecule has 0 aliphatic rings. The number of nitrogens with zero attached hydrogens (tertiary/aromatic N) is 1. The molecule has 1 unspecified atom stereocenters. The quantitative estimate of drug-likeness (QED) is 0.383. The van der Waals surface area contributed by atoms with E-state index in [0.29, 0.717) is 11.1 Å². The Morgan fingerprint density at radius 1 is 1.19 bits per heavy atom. The summed E-state index contributed by atoms with van der Waals surface area (Å²) < 4.78 is 2.63. The molecule has 1 atom stereocenters. The molecule has 2 aromatic carbocycles. The Balaban J connectivity index is 1.99. The van der Waals surface area contributed by atoms with Gasteiger partial charge in [-0.1, -0.05) is 30.3 Å². The summed E-state index contributed by atoms with van der Waals surface area (Å²) in [7, 11) is 0. The van der Waals surface area contributed by atoms with Crippen molar-refractivity contribution in [3.05, 3.63) is 75.8 Å². The lowest BCUT2D eigenvalue weighted by Gasteiger charge is -2.12. The van der Waals surface area contributed by atoms with Gasteiger partial charge in [0.2, 0.25) is 0 Å². The van der Waals surface area contributed by atoms with E-state index in [4.69, 9.17) is 5.73 Å². The summed E-state index contributed by atoms with van der Waals surface area (Å²) in [4.78, 5) is 22.1. The number of nitro groups is 1. The van der Waals surface area contributed by atoms with E-state index in [-0.39, 0.29) is 11.6 Å². The van der Waals surface area contributed by atoms with Crippen molar-refractivity contribution >= 4 is 23.5 Å². The van der Waals surface area contributed by atoms with Gasteiger partial charge in [-0.25, -0.2) is 0 Å². The SMILES string of the molecule is NC(SNC(=O)c1ccccc1)c1cccc([N+](=O)[O-])c1. The molecule has 0 aliphatic heterocycles. The highest BCUT2D eigenvalue weighted by Gasteiger charge is 2.13. The summed E-state index contributed by atoms with van der Waals surface area (Å²) in [6, 6.07) is 14.8. The van der Waals surface area contributed by atoms with Crippen LogP contribution in [0.3, 0.4) is 0 Å². The van der Waals surface area contributed by atoms with Crippen LogP contribution in [0.2, 0.25) is 0 Å². The van der Waals surface area contributed by atoms with Crippen molar-refractivity contribution in [2.45, 2.75) is 5.37 Å². The third-order valence-electron chi connectivity index (χ3n) is 2.72. The summed E-state index contributed by atoms with van der Waals surface area (Å²) in [6.45, 7) is 0. The number of benzene rings is 2. The topological polar surface area (TPSA) is 98.3 Å². The van der Waals surface area contributed by atoms with Crippen molar-refractivity contribution < 1.29 is 9.72 Å². The van der Waals surface area contributed by atoms with Crippen LogP contribution in [0, 0.1) is 10.1 Å². The molecule has 21 heavy (non-hydrogen) atoms. The number of carbonyl (C=O) groups is 1. The number of carbonyl (C=O) groups excluding carboxylic acids is 1. The molecule has 0 heterocycles. The van der Waals surface area contributed by atoms with Gasteiger partial charge in [-0.3, -0.25) is 19.6 Å². The predicted octanol–water partition coefficient (Wildman–Crippen LogP) is 2.63. The Bertz CT molecular complexity index is 649. The van der Waals surface area contributed by atoms with Gasteiger partial charge in [-0.05, 0) is 29.6 Å². The molecular formula is C14H13N3O3S. The Hall–Kier alpha value is -2.38. The van der Waals surface area contributed by atoms with Crippen molar-refractivity contribution in [2.24, 2.45) is 5.73 Å². The first kappa shape index (κ1) is 15.0. The van der Waals surface area contributed by atoms with Gasteiger partial charge in [-0.2, -0.15) is 0 Å². The highest BCUT2D eigenvalue weighted by molar-refractivity contribution is 7.98. The van der Waals surface area contributed by atoms with Crippen molar-refractivity contribution in [3.63, 3.8) is 0 Å². The van der Waals surface area contributed by atoms with E-state index in [1.54, 1.807) is 36.4 Å². The molecule has 2 rings (SSSR count). The molecule has 1 amide bonds. The van der Waals surface area contributed by atoms with Gasteiger partial charge in [0.05, 0.1) is 10.3 Å². The third kappa shape index (κ3) is 4.04. The molecule has 7 heteroatoms. The normalized spacial score (nSPS) is 11.7. The van der Waals surface area contributed by atoms with Crippen molar-refractivity contribution in [3.8, 4) is 0 Å². The van der Waals surface area contributed by atoms with Gasteiger partial charge in [0.25, 0.3) is 11.6 Å². The molecule has 0 saturated heterocycles. The zero-order valence-corrected chi connectivity index (χ0v) is 11.7. The number of amides is 1. The summed E-state index contributed by atoms with van der Waals surface area (Å²) in [6.07, 6.45) is 0. The lowest BCUT2D eigenvalue weighted by Crippen LogP contribution is -2.20. The fourth-order valence-electron chi connectivity index (χ4n) is 1.65. The summed E-state index contributed by atoms with van der Waals surface area (Å²) in [5.41, 5.74) is 6.98. The second-order valence-corrected chi connectivity index (χ2v) is 5.14. The largest absolute Gasteiger partial charge is 0.314 e. The van der Waals surface area contributed by atoms with Crippen LogP contribution < -0.4 is 10.5 Å². The maximum absolute atomic E-state index is 11.9. The Morgan fingerprint density at radius 3 is 2.57 bits per heavy atom. The van der Waals surface area contributed by atoms with Crippen LogP contribution >= 0.6 is 11.9 Å². The van der Waals surface area contributed by atoms with Gasteiger partial charge in [0, 0.05) is 17.7 Å². The van der Waals surface area contributed by atoms with Gasteiger partial charge < -0.3 is 5.73 Å². The number of rotatable bonds is 5. The van der Waals surface area contributed by atoms with Gasteiger partial charge in [-0.15, -0.1) is 0 Å². The van der Waals surface area contributed by atoms with Crippen molar-refractivity contribution in [1.82, 2.24) is 4.72 Å². The van der Waals surface area contributed by atoms with E-state index in [2.05, 4.69) is 4.72 Å². The minimum atomic E-state index is -0.586. The van der Waals surface area contributed by atoms with Gasteiger partial charge >= 0.3 is 0 Å². The lowest BCUT2D eigenvalue weighted by atomic mass is 10.2. The molecule has 108 valence electrons. The van der Waals surface area contributed by atoms with Crippen LogP contribution in [0.4, 0.5) is 5.69 Å². The van der Waals surface area contributed by atoms with Crippen LogP contribution in [0.25, 0.3) is 0 Å². The fraction of sp³-hybridized carbons (Fsp3) is 0.0714. The first-order valence-electron chi connectivity index (χ1n) is 6.09. The van der Waals surface area contributed by atoms with Crippen LogP contribution in [0.15, 0.2) is 54.6 Å². The van der Waals surface area contributed by atoms with Crippen LogP contribution in [-0.2, 0) is 0 Å². The average molecular weight is 303 g/mol. The highest BCUT2D eigenvalue weighted by Crippen LogP contribution is 2.24. The standard InChI is InChI=1S/C14H13N3O3S/c15-13(11-7-4-8-12(9-11)17(19)20)21-16-14(18)10-5-2-1-3-6-10/h1-9,13H,15H2,(H,16,18). The summed E-state index contributed by atoms with van der Waals surface area (Å²) in [5.74, 6) is -0.263. The van der Waals surface area contributed by atoms with E-state index >= 15 is 0 Å². The minimum absolute atomic E-state index is 0.0297. The molecular weight excluding hydrogens is 290 g/mol. The van der Waals surface area contributed by atoms with E-state index < -0.39 is 10.3 Å². The number of non-ortho nitro benzene ring substituents is 1. The molecule has 0 fully saturated rings. The van der Waals surface area contributed by atoms with E-state index in [1.165, 1.54) is 12.1 Å². The van der Waals surface area contributed by atoms with E-state index in [1.807, 2.05) is 6.07 Å².